The van der Waals surface area contributed by atoms with Crippen LogP contribution in [-0.4, -0.2) is 13.1 Å². The molecule has 0 aliphatic heterocycles. The van der Waals surface area contributed by atoms with Gasteiger partial charge in [0.15, 0.2) is 0 Å². The molecule has 64 valence electrons. The summed E-state index contributed by atoms with van der Waals surface area (Å²) in [5, 5.41) is 1.90. The van der Waals surface area contributed by atoms with Gasteiger partial charge in [-0.15, -0.1) is 11.3 Å². The second-order valence-electron chi connectivity index (χ2n) is 2.10. The Labute approximate surface area is 74.5 Å². The second-order valence-corrected chi connectivity index (χ2v) is 3.05. The van der Waals surface area contributed by atoms with E-state index < -0.39 is 5.97 Å². The average molecular weight is 183 g/mol. The number of rotatable bonds is 2. The summed E-state index contributed by atoms with van der Waals surface area (Å²) in [6, 6.07) is 3.72. The Hall–Kier alpha value is -1.29. The van der Waals surface area contributed by atoms with Crippen LogP contribution >= 0.6 is 11.3 Å². The zero-order valence-electron chi connectivity index (χ0n) is 6.61. The van der Waals surface area contributed by atoms with Crippen molar-refractivity contribution < 1.29 is 9.53 Å². The van der Waals surface area contributed by atoms with Crippen LogP contribution in [0.15, 0.2) is 23.6 Å². The molecule has 1 heterocycles. The van der Waals surface area contributed by atoms with Gasteiger partial charge >= 0.3 is 5.97 Å². The van der Waals surface area contributed by atoms with E-state index in [1.165, 1.54) is 24.5 Å². The molecular formula is C8H9NO2S. The highest BCUT2D eigenvalue weighted by molar-refractivity contribution is 7.11. The summed E-state index contributed by atoms with van der Waals surface area (Å²) in [7, 11) is 1.32. The van der Waals surface area contributed by atoms with E-state index in [-0.39, 0.29) is 0 Å². The third-order valence-electron chi connectivity index (χ3n) is 1.28. The minimum atomic E-state index is -0.430. The Kier molecular flexibility index (Phi) is 2.88. The fraction of sp³-hybridized carbons (Fsp3) is 0.125. The van der Waals surface area contributed by atoms with Gasteiger partial charge in [0.2, 0.25) is 0 Å². The van der Waals surface area contributed by atoms with Crippen molar-refractivity contribution in [3.05, 3.63) is 28.5 Å². The van der Waals surface area contributed by atoms with Gasteiger partial charge in [0, 0.05) is 6.08 Å². The molecule has 0 atom stereocenters. The Morgan fingerprint density at radius 1 is 1.75 bits per heavy atom. The van der Waals surface area contributed by atoms with Crippen molar-refractivity contribution in [3.8, 4) is 0 Å². The van der Waals surface area contributed by atoms with Crippen molar-refractivity contribution in [3.63, 3.8) is 0 Å². The number of carbonyl (C=O) groups excluding carboxylic acids is 1. The second kappa shape index (κ2) is 3.92. The molecule has 4 heteroatoms. The van der Waals surface area contributed by atoms with Crippen molar-refractivity contribution >= 4 is 23.0 Å². The monoisotopic (exact) mass is 183 g/mol. The third kappa shape index (κ3) is 2.10. The lowest BCUT2D eigenvalue weighted by Crippen LogP contribution is -2.01. The molecule has 0 amide bonds. The Balaban J connectivity index is 2.77. The maximum atomic E-state index is 10.7. The highest BCUT2D eigenvalue weighted by Crippen LogP contribution is 2.15. The zero-order chi connectivity index (χ0) is 8.97. The van der Waals surface area contributed by atoms with Gasteiger partial charge < -0.3 is 10.5 Å². The van der Waals surface area contributed by atoms with Crippen LogP contribution in [0.1, 0.15) is 4.88 Å². The molecular weight excluding hydrogens is 174 g/mol. The number of esters is 1. The molecule has 0 aromatic carbocycles. The fourth-order valence-electron chi connectivity index (χ4n) is 0.700. The summed E-state index contributed by atoms with van der Waals surface area (Å²) in [6.07, 6.45) is 1.27. The van der Waals surface area contributed by atoms with E-state index in [0.717, 1.165) is 4.88 Å². The number of ether oxygens (including phenoxy) is 1. The number of thiophene rings is 1. The van der Waals surface area contributed by atoms with Gasteiger partial charge in [0.1, 0.15) is 0 Å². The smallest absolute Gasteiger partial charge is 0.332 e. The predicted molar refractivity (Wildman–Crippen MR) is 48.5 cm³/mol. The first-order chi connectivity index (χ1) is 5.74. The topological polar surface area (TPSA) is 52.3 Å². The quantitative estimate of drug-likeness (QED) is 0.554. The number of hydrogen-bond acceptors (Lipinski definition) is 4. The Morgan fingerprint density at radius 3 is 3.00 bits per heavy atom. The standard InChI is InChI=1S/C8H9NO2S/c1-11-8(10)5-6(9)7-3-2-4-12-7/h2-5H,9H2,1H3. The van der Waals surface area contributed by atoms with Crippen LogP contribution in [0.5, 0.6) is 0 Å². The van der Waals surface area contributed by atoms with Gasteiger partial charge in [-0.1, -0.05) is 6.07 Å². The van der Waals surface area contributed by atoms with Gasteiger partial charge in [0.25, 0.3) is 0 Å². The van der Waals surface area contributed by atoms with E-state index >= 15 is 0 Å². The summed E-state index contributed by atoms with van der Waals surface area (Å²) >= 11 is 1.48. The number of nitrogens with two attached hydrogens (primary N) is 1. The normalized spacial score (nSPS) is 11.2. The van der Waals surface area contributed by atoms with Crippen LogP contribution in [0.25, 0.3) is 5.70 Å². The van der Waals surface area contributed by atoms with Crippen molar-refractivity contribution in [1.82, 2.24) is 0 Å². The van der Waals surface area contributed by atoms with Crippen LogP contribution < -0.4 is 5.73 Å². The third-order valence-corrected chi connectivity index (χ3v) is 2.20. The molecule has 1 rings (SSSR count). The highest BCUT2D eigenvalue weighted by Gasteiger charge is 2.00. The predicted octanol–water partition coefficient (Wildman–Crippen LogP) is 1.22. The SMILES string of the molecule is COC(=O)C=C(N)c1cccs1. The largest absolute Gasteiger partial charge is 0.466 e. The van der Waals surface area contributed by atoms with E-state index in [0.29, 0.717) is 5.70 Å². The molecule has 0 fully saturated rings. The molecule has 0 bridgehead atoms. The summed E-state index contributed by atoms with van der Waals surface area (Å²) in [5.41, 5.74) is 6.03. The van der Waals surface area contributed by atoms with Crippen molar-refractivity contribution in [2.24, 2.45) is 5.73 Å². The van der Waals surface area contributed by atoms with E-state index in [2.05, 4.69) is 4.74 Å². The molecule has 3 nitrogen and oxygen atoms in total. The average Bonchev–Trinajstić information content (AvgIpc) is 2.56. The van der Waals surface area contributed by atoms with Crippen LogP contribution in [0.2, 0.25) is 0 Å². The molecule has 0 aliphatic rings. The van der Waals surface area contributed by atoms with Crippen LogP contribution in [-0.2, 0) is 9.53 Å². The molecule has 12 heavy (non-hydrogen) atoms. The molecule has 0 radical (unpaired) electrons. The Bertz CT molecular complexity index is 290. The van der Waals surface area contributed by atoms with Gasteiger partial charge in [0.05, 0.1) is 17.7 Å². The minimum Gasteiger partial charge on any atom is -0.466 e. The molecule has 0 saturated heterocycles. The Morgan fingerprint density at radius 2 is 2.50 bits per heavy atom. The first kappa shape index (κ1) is 8.80. The minimum absolute atomic E-state index is 0.430. The number of carbonyl (C=O) groups is 1. The lowest BCUT2D eigenvalue weighted by molar-refractivity contribution is -0.134. The molecule has 2 N–H and O–H groups in total. The highest BCUT2D eigenvalue weighted by atomic mass is 32.1. The van der Waals surface area contributed by atoms with Gasteiger partial charge in [-0.2, -0.15) is 0 Å². The first-order valence-corrected chi connectivity index (χ1v) is 4.21. The van der Waals surface area contributed by atoms with Gasteiger partial charge in [-0.05, 0) is 11.4 Å². The van der Waals surface area contributed by atoms with Gasteiger partial charge in [-0.3, -0.25) is 0 Å². The van der Waals surface area contributed by atoms with E-state index in [9.17, 15) is 4.79 Å². The number of methoxy groups -OCH3 is 1. The van der Waals surface area contributed by atoms with E-state index in [1.54, 1.807) is 0 Å². The molecule has 1 aromatic heterocycles. The zero-order valence-corrected chi connectivity index (χ0v) is 7.43. The van der Waals surface area contributed by atoms with Crippen molar-refractivity contribution in [2.75, 3.05) is 7.11 Å². The van der Waals surface area contributed by atoms with Crippen LogP contribution in [0.3, 0.4) is 0 Å². The summed E-state index contributed by atoms with van der Waals surface area (Å²) in [6.45, 7) is 0. The van der Waals surface area contributed by atoms with E-state index in [4.69, 9.17) is 5.73 Å². The molecule has 1 aromatic rings. The summed E-state index contributed by atoms with van der Waals surface area (Å²) in [5.74, 6) is -0.430. The van der Waals surface area contributed by atoms with Crippen LogP contribution in [0, 0.1) is 0 Å². The van der Waals surface area contributed by atoms with E-state index in [1.807, 2.05) is 17.5 Å². The maximum absolute atomic E-state index is 10.7. The molecule has 0 saturated carbocycles. The van der Waals surface area contributed by atoms with Crippen molar-refractivity contribution in [1.29, 1.82) is 0 Å². The maximum Gasteiger partial charge on any atom is 0.332 e. The fourth-order valence-corrected chi connectivity index (χ4v) is 1.36. The van der Waals surface area contributed by atoms with Crippen LogP contribution in [0.4, 0.5) is 0 Å². The lowest BCUT2D eigenvalue weighted by Gasteiger charge is -1.95. The van der Waals surface area contributed by atoms with Crippen molar-refractivity contribution in [2.45, 2.75) is 0 Å². The first-order valence-electron chi connectivity index (χ1n) is 3.33. The molecule has 0 aliphatic carbocycles. The summed E-state index contributed by atoms with van der Waals surface area (Å²) < 4.78 is 4.43. The summed E-state index contributed by atoms with van der Waals surface area (Å²) in [4.78, 5) is 11.6. The lowest BCUT2D eigenvalue weighted by atomic mass is 10.3. The number of hydrogen-bond donors (Lipinski definition) is 1. The molecule has 0 unspecified atom stereocenters. The molecule has 0 spiro atoms. The van der Waals surface area contributed by atoms with Gasteiger partial charge in [-0.25, -0.2) is 4.79 Å².